The standard InChI is InChI=1S/C14H26N4/c1-17-9-11-18(12-10-17)8-2-5-14(16)6-3-13(15)4-7-14/h3-4,6H,2,5,7-12,15-16H2,1H3. The van der Waals surface area contributed by atoms with Gasteiger partial charge in [0.1, 0.15) is 0 Å². The lowest BCUT2D eigenvalue weighted by Gasteiger charge is -2.33. The molecule has 2 rings (SSSR count). The van der Waals surface area contributed by atoms with Crippen LogP contribution in [0.3, 0.4) is 0 Å². The van der Waals surface area contributed by atoms with Crippen molar-refractivity contribution < 1.29 is 0 Å². The summed E-state index contributed by atoms with van der Waals surface area (Å²) in [7, 11) is 2.19. The van der Waals surface area contributed by atoms with Gasteiger partial charge >= 0.3 is 0 Å². The molecule has 4 N–H and O–H groups in total. The van der Waals surface area contributed by atoms with Crippen molar-refractivity contribution in [2.75, 3.05) is 39.8 Å². The van der Waals surface area contributed by atoms with Crippen molar-refractivity contribution in [3.63, 3.8) is 0 Å². The SMILES string of the molecule is CN1CCN(CCCC2(N)C=CC(N)=CC2)CC1. The zero-order chi connectivity index (χ0) is 13.0. The van der Waals surface area contributed by atoms with Crippen molar-refractivity contribution in [1.82, 2.24) is 9.80 Å². The Morgan fingerprint density at radius 3 is 2.61 bits per heavy atom. The third-order valence-electron chi connectivity index (χ3n) is 4.04. The van der Waals surface area contributed by atoms with Crippen molar-refractivity contribution >= 4 is 0 Å². The van der Waals surface area contributed by atoms with Crippen molar-refractivity contribution in [1.29, 1.82) is 0 Å². The maximum atomic E-state index is 6.35. The molecule has 0 radical (unpaired) electrons. The van der Waals surface area contributed by atoms with E-state index in [-0.39, 0.29) is 5.54 Å². The Morgan fingerprint density at radius 2 is 2.00 bits per heavy atom. The second-order valence-electron chi connectivity index (χ2n) is 5.72. The van der Waals surface area contributed by atoms with Gasteiger partial charge in [-0.2, -0.15) is 0 Å². The Labute approximate surface area is 110 Å². The fraction of sp³-hybridized carbons (Fsp3) is 0.714. The number of hydrogen-bond acceptors (Lipinski definition) is 4. The number of nitrogens with two attached hydrogens (primary N) is 2. The first-order valence-corrected chi connectivity index (χ1v) is 6.92. The monoisotopic (exact) mass is 250 g/mol. The van der Waals surface area contributed by atoms with E-state index in [0.29, 0.717) is 0 Å². The Balaban J connectivity index is 1.68. The molecule has 0 saturated carbocycles. The number of hydrogen-bond donors (Lipinski definition) is 2. The fourth-order valence-corrected chi connectivity index (χ4v) is 2.59. The van der Waals surface area contributed by atoms with Crippen LogP contribution in [-0.4, -0.2) is 55.1 Å². The van der Waals surface area contributed by atoms with Gasteiger partial charge in [0.15, 0.2) is 0 Å². The Kier molecular flexibility index (Phi) is 4.43. The van der Waals surface area contributed by atoms with Crippen LogP contribution >= 0.6 is 0 Å². The van der Waals surface area contributed by atoms with Crippen LogP contribution in [0.2, 0.25) is 0 Å². The molecule has 2 aliphatic rings. The van der Waals surface area contributed by atoms with Crippen LogP contribution in [0.5, 0.6) is 0 Å². The van der Waals surface area contributed by atoms with E-state index in [4.69, 9.17) is 11.5 Å². The van der Waals surface area contributed by atoms with Crippen molar-refractivity contribution in [2.24, 2.45) is 11.5 Å². The van der Waals surface area contributed by atoms with Crippen LogP contribution in [0.15, 0.2) is 23.9 Å². The van der Waals surface area contributed by atoms with Crippen LogP contribution in [0, 0.1) is 0 Å². The van der Waals surface area contributed by atoms with E-state index in [2.05, 4.69) is 22.9 Å². The minimum Gasteiger partial charge on any atom is -0.399 e. The lowest BCUT2D eigenvalue weighted by molar-refractivity contribution is 0.150. The smallest absolute Gasteiger partial charge is 0.0379 e. The normalized spacial score (nSPS) is 30.4. The fourth-order valence-electron chi connectivity index (χ4n) is 2.59. The average molecular weight is 250 g/mol. The van der Waals surface area contributed by atoms with Gasteiger partial charge in [-0.15, -0.1) is 0 Å². The average Bonchev–Trinajstić information content (AvgIpc) is 2.36. The van der Waals surface area contributed by atoms with Gasteiger partial charge in [-0.3, -0.25) is 0 Å². The van der Waals surface area contributed by atoms with Gasteiger partial charge in [0.05, 0.1) is 0 Å². The van der Waals surface area contributed by atoms with E-state index in [1.54, 1.807) is 0 Å². The summed E-state index contributed by atoms with van der Waals surface area (Å²) in [6, 6.07) is 0. The molecule has 4 nitrogen and oxygen atoms in total. The molecule has 0 aromatic heterocycles. The van der Waals surface area contributed by atoms with Crippen LogP contribution in [0.4, 0.5) is 0 Å². The van der Waals surface area contributed by atoms with E-state index in [1.165, 1.54) is 32.7 Å². The Bertz CT molecular complexity index is 329. The Hall–Kier alpha value is -0.840. The van der Waals surface area contributed by atoms with Crippen LogP contribution in [0.1, 0.15) is 19.3 Å². The molecule has 0 aromatic carbocycles. The van der Waals surface area contributed by atoms with Gasteiger partial charge in [-0.05, 0) is 38.9 Å². The summed E-state index contributed by atoms with van der Waals surface area (Å²) in [6.07, 6.45) is 9.14. The van der Waals surface area contributed by atoms with Gasteiger partial charge in [0.25, 0.3) is 0 Å². The van der Waals surface area contributed by atoms with Crippen molar-refractivity contribution in [3.05, 3.63) is 23.9 Å². The molecular weight excluding hydrogens is 224 g/mol. The summed E-state index contributed by atoms with van der Waals surface area (Å²) in [5, 5.41) is 0. The highest BCUT2D eigenvalue weighted by Gasteiger charge is 2.23. The molecule has 0 bridgehead atoms. The molecule has 1 atom stereocenters. The number of nitrogens with zero attached hydrogens (tertiary/aromatic N) is 2. The second-order valence-corrected chi connectivity index (χ2v) is 5.72. The predicted octanol–water partition coefficient (Wildman–Crippen LogP) is 0.514. The molecule has 1 saturated heterocycles. The molecule has 1 fully saturated rings. The maximum absolute atomic E-state index is 6.35. The topological polar surface area (TPSA) is 58.5 Å². The van der Waals surface area contributed by atoms with Crippen LogP contribution in [-0.2, 0) is 0 Å². The first kappa shape index (κ1) is 13.6. The molecule has 4 heteroatoms. The van der Waals surface area contributed by atoms with E-state index >= 15 is 0 Å². The van der Waals surface area contributed by atoms with Gasteiger partial charge in [0, 0.05) is 37.4 Å². The van der Waals surface area contributed by atoms with E-state index in [0.717, 1.165) is 25.0 Å². The molecule has 102 valence electrons. The van der Waals surface area contributed by atoms with E-state index < -0.39 is 0 Å². The van der Waals surface area contributed by atoms with Crippen molar-refractivity contribution in [2.45, 2.75) is 24.8 Å². The third kappa shape index (κ3) is 3.83. The summed E-state index contributed by atoms with van der Waals surface area (Å²) >= 11 is 0. The first-order valence-electron chi connectivity index (χ1n) is 6.92. The van der Waals surface area contributed by atoms with Gasteiger partial charge in [0.2, 0.25) is 0 Å². The van der Waals surface area contributed by atoms with E-state index in [9.17, 15) is 0 Å². The van der Waals surface area contributed by atoms with E-state index in [1.807, 2.05) is 12.2 Å². The molecule has 18 heavy (non-hydrogen) atoms. The quantitative estimate of drug-likeness (QED) is 0.763. The Morgan fingerprint density at radius 1 is 1.28 bits per heavy atom. The molecule has 1 aliphatic carbocycles. The zero-order valence-corrected chi connectivity index (χ0v) is 11.4. The number of likely N-dealkylation sites (N-methyl/N-ethyl adjacent to an activating group) is 1. The first-order chi connectivity index (χ1) is 8.57. The molecule has 0 spiro atoms. The number of piperazine rings is 1. The minimum atomic E-state index is -0.171. The molecule has 0 aromatic rings. The second kappa shape index (κ2) is 5.87. The summed E-state index contributed by atoms with van der Waals surface area (Å²) in [5.41, 5.74) is 12.7. The summed E-state index contributed by atoms with van der Waals surface area (Å²) in [5.74, 6) is 0. The number of rotatable bonds is 4. The molecular formula is C14H26N4. The maximum Gasteiger partial charge on any atom is 0.0379 e. The van der Waals surface area contributed by atoms with Gasteiger partial charge < -0.3 is 21.3 Å². The highest BCUT2D eigenvalue weighted by molar-refractivity contribution is 5.26. The zero-order valence-electron chi connectivity index (χ0n) is 11.4. The lowest BCUT2D eigenvalue weighted by atomic mass is 9.87. The predicted molar refractivity (Wildman–Crippen MR) is 76.1 cm³/mol. The van der Waals surface area contributed by atoms with Crippen molar-refractivity contribution in [3.8, 4) is 0 Å². The number of allylic oxidation sites excluding steroid dienone is 1. The van der Waals surface area contributed by atoms with Crippen LogP contribution in [0.25, 0.3) is 0 Å². The minimum absolute atomic E-state index is 0.171. The van der Waals surface area contributed by atoms with Crippen LogP contribution < -0.4 is 11.5 Å². The van der Waals surface area contributed by atoms with Gasteiger partial charge in [-0.25, -0.2) is 0 Å². The molecule has 1 heterocycles. The largest absolute Gasteiger partial charge is 0.399 e. The highest BCUT2D eigenvalue weighted by Crippen LogP contribution is 2.22. The molecule has 1 unspecified atom stereocenters. The molecule has 1 aliphatic heterocycles. The lowest BCUT2D eigenvalue weighted by Crippen LogP contribution is -2.45. The summed E-state index contributed by atoms with van der Waals surface area (Å²) in [6.45, 7) is 5.92. The highest BCUT2D eigenvalue weighted by atomic mass is 15.2. The molecule has 0 amide bonds. The van der Waals surface area contributed by atoms with Gasteiger partial charge in [-0.1, -0.05) is 12.2 Å². The third-order valence-corrected chi connectivity index (χ3v) is 4.04. The summed E-state index contributed by atoms with van der Waals surface area (Å²) < 4.78 is 0. The summed E-state index contributed by atoms with van der Waals surface area (Å²) in [4.78, 5) is 4.93.